The second-order valence-corrected chi connectivity index (χ2v) is 6.91. The first-order valence-corrected chi connectivity index (χ1v) is 9.04. The summed E-state index contributed by atoms with van der Waals surface area (Å²) in [6.07, 6.45) is 4.04. The van der Waals surface area contributed by atoms with Gasteiger partial charge in [-0.2, -0.15) is 0 Å². The molecule has 1 N–H and O–H groups in total. The number of anilines is 1. The van der Waals surface area contributed by atoms with Gasteiger partial charge in [-0.1, -0.05) is 25.0 Å². The van der Waals surface area contributed by atoms with E-state index in [1.54, 1.807) is 12.1 Å². The van der Waals surface area contributed by atoms with Crippen LogP contribution in [-0.4, -0.2) is 28.7 Å². The van der Waals surface area contributed by atoms with Gasteiger partial charge in [0, 0.05) is 17.7 Å². The van der Waals surface area contributed by atoms with Gasteiger partial charge in [0.05, 0.1) is 16.2 Å². The van der Waals surface area contributed by atoms with E-state index in [1.165, 1.54) is 30.3 Å². The van der Waals surface area contributed by atoms with E-state index >= 15 is 0 Å². The maximum atomic E-state index is 12.8. The molecule has 8 heteroatoms. The van der Waals surface area contributed by atoms with Gasteiger partial charge in [0.1, 0.15) is 5.56 Å². The van der Waals surface area contributed by atoms with E-state index in [4.69, 9.17) is 0 Å². The van der Waals surface area contributed by atoms with Crippen LogP contribution >= 0.6 is 0 Å². The number of nitro groups is 1. The first kappa shape index (κ1) is 17.8. The lowest BCUT2D eigenvalue weighted by Gasteiger charge is -2.16. The minimum absolute atomic E-state index is 0.0139. The highest BCUT2D eigenvalue weighted by atomic mass is 16.6. The van der Waals surface area contributed by atoms with E-state index in [-0.39, 0.29) is 28.8 Å². The number of amides is 3. The third-order valence-corrected chi connectivity index (χ3v) is 5.15. The van der Waals surface area contributed by atoms with Gasteiger partial charge >= 0.3 is 0 Å². The molecule has 3 amide bonds. The number of hydrogen-bond donors (Lipinski definition) is 1. The summed E-state index contributed by atoms with van der Waals surface area (Å²) in [6.45, 7) is 0. The molecule has 142 valence electrons. The fourth-order valence-electron chi connectivity index (χ4n) is 3.78. The first-order chi connectivity index (χ1) is 13.5. The van der Waals surface area contributed by atoms with Crippen LogP contribution in [0.2, 0.25) is 0 Å². The summed E-state index contributed by atoms with van der Waals surface area (Å²) in [6, 6.07) is 10.3. The molecule has 0 saturated heterocycles. The molecule has 8 nitrogen and oxygen atoms in total. The van der Waals surface area contributed by atoms with Crippen LogP contribution in [0.4, 0.5) is 11.4 Å². The maximum absolute atomic E-state index is 12.8. The van der Waals surface area contributed by atoms with Crippen molar-refractivity contribution in [3.05, 3.63) is 69.3 Å². The predicted octanol–water partition coefficient (Wildman–Crippen LogP) is 3.07. The number of nitro benzene ring substituents is 1. The normalized spacial score (nSPS) is 16.4. The number of nitrogens with one attached hydrogen (secondary N) is 1. The number of fused-ring (bicyclic) bond motifs is 1. The summed E-state index contributed by atoms with van der Waals surface area (Å²) < 4.78 is 0. The van der Waals surface area contributed by atoms with Crippen LogP contribution in [0.25, 0.3) is 0 Å². The molecule has 2 aromatic rings. The number of carbonyl (C=O) groups is 3. The minimum atomic E-state index is -0.763. The zero-order chi connectivity index (χ0) is 19.8. The van der Waals surface area contributed by atoms with Crippen LogP contribution in [0.5, 0.6) is 0 Å². The topological polar surface area (TPSA) is 110 Å². The molecule has 0 spiro atoms. The Morgan fingerprint density at radius 2 is 1.79 bits per heavy atom. The Balaban J connectivity index is 1.65. The van der Waals surface area contributed by atoms with Gasteiger partial charge in [0.2, 0.25) is 0 Å². The molecule has 0 bridgehead atoms. The Morgan fingerprint density at radius 3 is 2.50 bits per heavy atom. The summed E-state index contributed by atoms with van der Waals surface area (Å²) in [4.78, 5) is 49.5. The molecular formula is C20H17N3O5. The van der Waals surface area contributed by atoms with Crippen molar-refractivity contribution >= 4 is 29.1 Å². The maximum Gasteiger partial charge on any atom is 0.283 e. The van der Waals surface area contributed by atoms with E-state index in [0.717, 1.165) is 30.6 Å². The molecule has 0 atom stereocenters. The van der Waals surface area contributed by atoms with Crippen molar-refractivity contribution in [2.75, 3.05) is 4.90 Å². The third-order valence-electron chi connectivity index (χ3n) is 5.15. The van der Waals surface area contributed by atoms with Crippen LogP contribution in [0, 0.1) is 10.1 Å². The third kappa shape index (κ3) is 2.92. The zero-order valence-corrected chi connectivity index (χ0v) is 14.9. The molecule has 2 aliphatic rings. The van der Waals surface area contributed by atoms with Crippen LogP contribution in [0.1, 0.15) is 56.8 Å². The van der Waals surface area contributed by atoms with Gasteiger partial charge in [-0.25, -0.2) is 4.90 Å². The molecule has 2 aromatic carbocycles. The highest BCUT2D eigenvalue weighted by Gasteiger charge is 2.41. The summed E-state index contributed by atoms with van der Waals surface area (Å²) in [7, 11) is 0. The van der Waals surface area contributed by atoms with E-state index in [9.17, 15) is 24.5 Å². The summed E-state index contributed by atoms with van der Waals surface area (Å²) in [5, 5.41) is 14.2. The molecule has 0 unspecified atom stereocenters. The number of carbonyl (C=O) groups excluding carboxylic acids is 3. The number of rotatable bonds is 4. The van der Waals surface area contributed by atoms with Crippen LogP contribution in [0.3, 0.4) is 0 Å². The molecule has 0 aromatic heterocycles. The van der Waals surface area contributed by atoms with Gasteiger partial charge in [-0.15, -0.1) is 0 Å². The average Bonchev–Trinajstić information content (AvgIpc) is 3.28. The van der Waals surface area contributed by atoms with Crippen molar-refractivity contribution in [1.82, 2.24) is 5.32 Å². The minimum Gasteiger partial charge on any atom is -0.349 e. The lowest BCUT2D eigenvalue weighted by molar-refractivity contribution is -0.385. The summed E-state index contributed by atoms with van der Waals surface area (Å²) in [5.41, 5.74) is -0.109. The Labute approximate surface area is 160 Å². The van der Waals surface area contributed by atoms with Crippen LogP contribution < -0.4 is 10.2 Å². The second-order valence-electron chi connectivity index (χ2n) is 6.91. The Bertz CT molecular complexity index is 1010. The van der Waals surface area contributed by atoms with Gasteiger partial charge in [0.15, 0.2) is 0 Å². The van der Waals surface area contributed by atoms with Gasteiger partial charge in [-0.05, 0) is 37.1 Å². The highest BCUT2D eigenvalue weighted by Crippen LogP contribution is 2.34. The molecular weight excluding hydrogens is 362 g/mol. The molecule has 0 radical (unpaired) electrons. The Morgan fingerprint density at radius 1 is 1.07 bits per heavy atom. The molecule has 1 saturated carbocycles. The summed E-state index contributed by atoms with van der Waals surface area (Å²) >= 11 is 0. The molecule has 1 heterocycles. The van der Waals surface area contributed by atoms with Gasteiger partial charge in [0.25, 0.3) is 23.4 Å². The lowest BCUT2D eigenvalue weighted by atomic mass is 10.1. The van der Waals surface area contributed by atoms with Crippen molar-refractivity contribution in [2.24, 2.45) is 0 Å². The Hall–Kier alpha value is -3.55. The first-order valence-electron chi connectivity index (χ1n) is 9.04. The lowest BCUT2D eigenvalue weighted by Crippen LogP contribution is -2.33. The van der Waals surface area contributed by atoms with Crippen LogP contribution in [-0.2, 0) is 0 Å². The van der Waals surface area contributed by atoms with Crippen molar-refractivity contribution in [1.29, 1.82) is 0 Å². The quantitative estimate of drug-likeness (QED) is 0.499. The fourth-order valence-corrected chi connectivity index (χ4v) is 3.78. The van der Waals surface area contributed by atoms with Gasteiger partial charge < -0.3 is 5.32 Å². The SMILES string of the molecule is O=C(NC1CCCC1)c1cccc(N2C(=O)c3cccc([N+](=O)[O-])c3C2=O)c1. The monoisotopic (exact) mass is 379 g/mol. The highest BCUT2D eigenvalue weighted by molar-refractivity contribution is 6.35. The number of benzene rings is 2. The zero-order valence-electron chi connectivity index (χ0n) is 14.9. The standard InChI is InChI=1S/C20H17N3O5/c24-18(21-13-6-1-2-7-13)12-5-3-8-14(11-12)22-19(25)15-9-4-10-16(23(27)28)17(15)20(22)26/h3-5,8-11,13H,1-2,6-7H2,(H,21,24). The van der Waals surface area contributed by atoms with Crippen LogP contribution in [0.15, 0.2) is 42.5 Å². The van der Waals surface area contributed by atoms with Crippen molar-refractivity contribution in [3.63, 3.8) is 0 Å². The Kier molecular flexibility index (Phi) is 4.38. The molecule has 1 fully saturated rings. The van der Waals surface area contributed by atoms with Crippen molar-refractivity contribution < 1.29 is 19.3 Å². The van der Waals surface area contributed by atoms with E-state index in [0.29, 0.717) is 5.56 Å². The molecule has 28 heavy (non-hydrogen) atoms. The van der Waals surface area contributed by atoms with E-state index in [2.05, 4.69) is 5.32 Å². The average molecular weight is 379 g/mol. The molecule has 4 rings (SSSR count). The van der Waals surface area contributed by atoms with E-state index in [1.807, 2.05) is 0 Å². The predicted molar refractivity (Wildman–Crippen MR) is 100 cm³/mol. The van der Waals surface area contributed by atoms with Crippen molar-refractivity contribution in [3.8, 4) is 0 Å². The largest absolute Gasteiger partial charge is 0.349 e. The summed E-state index contributed by atoms with van der Waals surface area (Å²) in [5.74, 6) is -1.67. The van der Waals surface area contributed by atoms with Gasteiger partial charge in [-0.3, -0.25) is 24.5 Å². The molecule has 1 aliphatic heterocycles. The number of hydrogen-bond acceptors (Lipinski definition) is 5. The van der Waals surface area contributed by atoms with Crippen molar-refractivity contribution in [2.45, 2.75) is 31.7 Å². The number of imide groups is 1. The number of nitrogens with zero attached hydrogens (tertiary/aromatic N) is 2. The fraction of sp³-hybridized carbons (Fsp3) is 0.250. The molecule has 1 aliphatic carbocycles. The smallest absolute Gasteiger partial charge is 0.283 e. The van der Waals surface area contributed by atoms with E-state index < -0.39 is 22.4 Å². The second kappa shape index (κ2) is 6.88.